The van der Waals surface area contributed by atoms with Gasteiger partial charge in [0.15, 0.2) is 0 Å². The summed E-state index contributed by atoms with van der Waals surface area (Å²) >= 11 is 0. The highest BCUT2D eigenvalue weighted by molar-refractivity contribution is 4.47. The van der Waals surface area contributed by atoms with E-state index in [1.54, 1.807) is 0 Å². The summed E-state index contributed by atoms with van der Waals surface area (Å²) in [6.45, 7) is 0.653. The largest absolute Gasteiger partial charge is 0.724 e. The van der Waals surface area contributed by atoms with Crippen LogP contribution >= 0.6 is 0 Å². The van der Waals surface area contributed by atoms with Crippen molar-refractivity contribution in [3.8, 4) is 0 Å². The lowest BCUT2D eigenvalue weighted by Crippen LogP contribution is -2.34. The molecule has 0 aromatic carbocycles. The molecule has 6 heteroatoms. The third-order valence-electron chi connectivity index (χ3n) is 0.815. The van der Waals surface area contributed by atoms with E-state index in [2.05, 4.69) is 5.29 Å². The van der Waals surface area contributed by atoms with Gasteiger partial charge in [-0.3, -0.25) is 5.28 Å². The Morgan fingerprint density at radius 1 is 1.78 bits per heavy atom. The molecule has 0 radical (unpaired) electrons. The molecule has 0 aliphatic carbocycles. The van der Waals surface area contributed by atoms with Crippen molar-refractivity contribution in [3.05, 3.63) is 10.1 Å². The molecule has 0 aliphatic rings. The van der Waals surface area contributed by atoms with Crippen molar-refractivity contribution >= 4 is 0 Å². The van der Waals surface area contributed by atoms with E-state index in [4.69, 9.17) is 5.73 Å². The molecule has 0 aromatic heterocycles. The molecule has 0 amide bonds. The minimum absolute atomic E-state index is 0.0488. The summed E-state index contributed by atoms with van der Waals surface area (Å²) in [7, 11) is 1.43. The molecule has 0 rings (SSSR count). The van der Waals surface area contributed by atoms with E-state index >= 15 is 0 Å². The molecule has 0 bridgehead atoms. The second kappa shape index (κ2) is 4.19. The maximum absolute atomic E-state index is 10.2. The Labute approximate surface area is 52.7 Å². The molecule has 0 heterocycles. The van der Waals surface area contributed by atoms with Crippen molar-refractivity contribution in [1.82, 2.24) is 10.3 Å². The highest BCUT2D eigenvalue weighted by Crippen LogP contribution is 1.88. The van der Waals surface area contributed by atoms with Crippen LogP contribution in [-0.2, 0) is 0 Å². The number of hydrogen-bond donors (Lipinski definition) is 1. The first-order chi connectivity index (χ1) is 4.22. The quantitative estimate of drug-likeness (QED) is 0.403. The fraction of sp³-hybridized carbons (Fsp3) is 1.00. The third kappa shape index (κ3) is 2.96. The minimum Gasteiger partial charge on any atom is -0.724 e. The number of nitrogens with zero attached hydrogens (tertiary/aromatic N) is 3. The van der Waals surface area contributed by atoms with Crippen LogP contribution in [0.25, 0.3) is 0 Å². The standard InChI is InChI=1S/C3H9N4O2/c1-6(3-2-4)7(9)5-8/h2-4H2,1H3/q-1. The lowest BCUT2D eigenvalue weighted by atomic mass is 10.6. The third-order valence-corrected chi connectivity index (χ3v) is 0.815. The van der Waals surface area contributed by atoms with Gasteiger partial charge in [-0.25, -0.2) is 5.01 Å². The molecule has 0 aliphatic heterocycles. The van der Waals surface area contributed by atoms with E-state index in [1.165, 1.54) is 7.05 Å². The summed E-state index contributed by atoms with van der Waals surface area (Å²) in [6.07, 6.45) is 0. The van der Waals surface area contributed by atoms with Gasteiger partial charge < -0.3 is 10.9 Å². The number of likely N-dealkylation sites (N-methyl/N-ethyl adjacent to an activating group) is 1. The maximum atomic E-state index is 10.2. The Morgan fingerprint density at radius 2 is 2.33 bits per heavy atom. The average molecular weight is 133 g/mol. The van der Waals surface area contributed by atoms with E-state index in [1.807, 2.05) is 0 Å². The summed E-state index contributed by atoms with van der Waals surface area (Å²) in [5, 5.41) is 13.3. The van der Waals surface area contributed by atoms with Crippen LogP contribution in [0, 0.1) is 10.1 Å². The lowest BCUT2D eigenvalue weighted by Gasteiger charge is -2.29. The van der Waals surface area contributed by atoms with Crippen LogP contribution in [0.2, 0.25) is 0 Å². The SMILES string of the molecule is CN(CCN)N([O-])N=O. The molecule has 54 valence electrons. The molecular weight excluding hydrogens is 124 g/mol. The van der Waals surface area contributed by atoms with Gasteiger partial charge in [-0.05, 0) is 0 Å². The Morgan fingerprint density at radius 3 is 2.67 bits per heavy atom. The topological polar surface area (TPSA) is 85.0 Å². The van der Waals surface area contributed by atoms with Crippen LogP contribution < -0.4 is 5.73 Å². The van der Waals surface area contributed by atoms with E-state index in [0.717, 1.165) is 5.01 Å². The molecule has 9 heavy (non-hydrogen) atoms. The molecule has 0 spiro atoms. The summed E-state index contributed by atoms with van der Waals surface area (Å²) in [6, 6.07) is 0. The van der Waals surface area contributed by atoms with Gasteiger partial charge in [-0.2, -0.15) is 0 Å². The van der Waals surface area contributed by atoms with Crippen LogP contribution in [0.1, 0.15) is 0 Å². The van der Waals surface area contributed by atoms with E-state index < -0.39 is 0 Å². The van der Waals surface area contributed by atoms with Crippen molar-refractivity contribution in [2.45, 2.75) is 0 Å². The zero-order valence-corrected chi connectivity index (χ0v) is 5.15. The van der Waals surface area contributed by atoms with Gasteiger partial charge in [0.2, 0.25) is 0 Å². The molecule has 0 saturated heterocycles. The second-order valence-corrected chi connectivity index (χ2v) is 1.50. The van der Waals surface area contributed by atoms with Crippen molar-refractivity contribution < 1.29 is 0 Å². The Hall–Kier alpha value is -0.720. The van der Waals surface area contributed by atoms with Gasteiger partial charge in [-0.15, -0.1) is 4.91 Å². The molecule has 0 unspecified atom stereocenters. The van der Waals surface area contributed by atoms with Crippen molar-refractivity contribution in [3.63, 3.8) is 0 Å². The van der Waals surface area contributed by atoms with E-state index in [0.29, 0.717) is 13.1 Å². The maximum Gasteiger partial charge on any atom is 0.0579 e. The van der Waals surface area contributed by atoms with Crippen LogP contribution in [-0.4, -0.2) is 30.4 Å². The lowest BCUT2D eigenvalue weighted by molar-refractivity contribution is 0.0562. The van der Waals surface area contributed by atoms with Crippen molar-refractivity contribution in [2.24, 2.45) is 11.0 Å². The second-order valence-electron chi connectivity index (χ2n) is 1.50. The van der Waals surface area contributed by atoms with Crippen molar-refractivity contribution in [1.29, 1.82) is 0 Å². The highest BCUT2D eigenvalue weighted by atomic mass is 16.6. The van der Waals surface area contributed by atoms with Crippen LogP contribution in [0.15, 0.2) is 5.29 Å². The molecule has 2 N–H and O–H groups in total. The normalized spacial score (nSPS) is 9.78. The monoisotopic (exact) mass is 133 g/mol. The van der Waals surface area contributed by atoms with Gasteiger partial charge in [0.1, 0.15) is 0 Å². The smallest absolute Gasteiger partial charge is 0.0579 e. The number of hydrazine groups is 1. The van der Waals surface area contributed by atoms with E-state index in [-0.39, 0.29) is 5.28 Å². The summed E-state index contributed by atoms with van der Waals surface area (Å²) in [5.41, 5.74) is 5.07. The minimum atomic E-state index is -0.0488. The first-order valence-corrected chi connectivity index (χ1v) is 2.44. The number of rotatable bonds is 4. The Kier molecular flexibility index (Phi) is 3.85. The van der Waals surface area contributed by atoms with Gasteiger partial charge in [0.25, 0.3) is 0 Å². The molecular formula is C3H9N4O2-. The predicted octanol–water partition coefficient (Wildman–Crippen LogP) is -0.727. The highest BCUT2D eigenvalue weighted by Gasteiger charge is 1.94. The average Bonchev–Trinajstić information content (AvgIpc) is 1.87. The van der Waals surface area contributed by atoms with Gasteiger partial charge >= 0.3 is 0 Å². The fourth-order valence-corrected chi connectivity index (χ4v) is 0.335. The van der Waals surface area contributed by atoms with Crippen LogP contribution in [0.4, 0.5) is 0 Å². The first-order valence-electron chi connectivity index (χ1n) is 2.44. The zero-order chi connectivity index (χ0) is 7.28. The molecule has 0 aromatic rings. The fourth-order valence-electron chi connectivity index (χ4n) is 0.335. The van der Waals surface area contributed by atoms with Gasteiger partial charge in [-0.1, -0.05) is 0 Å². The number of nitrogens with two attached hydrogens (primary N) is 1. The van der Waals surface area contributed by atoms with Crippen LogP contribution in [0.5, 0.6) is 0 Å². The predicted molar refractivity (Wildman–Crippen MR) is 32.7 cm³/mol. The Balaban J connectivity index is 3.44. The summed E-state index contributed by atoms with van der Waals surface area (Å²) in [5.74, 6) is 0. The first kappa shape index (κ1) is 8.28. The van der Waals surface area contributed by atoms with E-state index in [9.17, 15) is 10.1 Å². The number of nitroso groups, excluding NO2 is 1. The number of hydrogen-bond acceptors (Lipinski definition) is 5. The van der Waals surface area contributed by atoms with Gasteiger partial charge in [0, 0.05) is 20.1 Å². The van der Waals surface area contributed by atoms with Crippen LogP contribution in [0.3, 0.4) is 0 Å². The summed E-state index contributed by atoms with van der Waals surface area (Å²) in [4.78, 5) is 9.50. The summed E-state index contributed by atoms with van der Waals surface area (Å²) < 4.78 is 0. The molecule has 0 saturated carbocycles. The molecule has 0 fully saturated rings. The molecule has 0 atom stereocenters. The van der Waals surface area contributed by atoms with Crippen molar-refractivity contribution in [2.75, 3.05) is 20.1 Å². The zero-order valence-electron chi connectivity index (χ0n) is 5.15. The molecule has 6 nitrogen and oxygen atoms in total. The Bertz CT molecular complexity index is 87.9. The van der Waals surface area contributed by atoms with Gasteiger partial charge in [0.05, 0.1) is 5.29 Å².